The zero-order chi connectivity index (χ0) is 14.8. The van der Waals surface area contributed by atoms with E-state index in [9.17, 15) is 0 Å². The summed E-state index contributed by atoms with van der Waals surface area (Å²) in [7, 11) is 0. The molecular weight excluding hydrogens is 305 g/mol. The van der Waals surface area contributed by atoms with Crippen molar-refractivity contribution in [1.29, 1.82) is 0 Å². The lowest BCUT2D eigenvalue weighted by Crippen LogP contribution is -2.40. The zero-order valence-electron chi connectivity index (χ0n) is 12.4. The second-order valence-electron chi connectivity index (χ2n) is 5.83. The molecule has 2 heterocycles. The van der Waals surface area contributed by atoms with Crippen molar-refractivity contribution < 1.29 is 0 Å². The predicted octanol–water partition coefficient (Wildman–Crippen LogP) is 4.30. The number of nitrogens with zero attached hydrogens (tertiary/aromatic N) is 3. The van der Waals surface area contributed by atoms with E-state index in [-0.39, 0.29) is 0 Å². The summed E-state index contributed by atoms with van der Waals surface area (Å²) in [5.74, 6) is 1.32. The van der Waals surface area contributed by atoms with Crippen molar-refractivity contribution in [3.05, 3.63) is 29.0 Å². The standard InChI is InChI=1S/C16H21Cl2N3/c1-12(20-8-3-2-4-9-20)11-21-14-7-5-6-13(18)16(14)19-15(21)10-17/h5-7,12H,2-4,8-11H2,1H3. The Bertz CT molecular complexity index is 617. The van der Waals surface area contributed by atoms with Gasteiger partial charge in [0.1, 0.15) is 11.3 Å². The lowest BCUT2D eigenvalue weighted by atomic mass is 10.1. The molecule has 0 N–H and O–H groups in total. The Morgan fingerprint density at radius 1 is 1.24 bits per heavy atom. The first kappa shape index (κ1) is 15.1. The SMILES string of the molecule is CC(Cn1c(CCl)nc2c(Cl)cccc21)N1CCCCC1. The molecule has 0 radical (unpaired) electrons. The number of likely N-dealkylation sites (tertiary alicyclic amines) is 1. The van der Waals surface area contributed by atoms with Crippen LogP contribution in [0.4, 0.5) is 0 Å². The molecule has 0 aliphatic carbocycles. The highest BCUT2D eigenvalue weighted by Crippen LogP contribution is 2.25. The van der Waals surface area contributed by atoms with Crippen LogP contribution < -0.4 is 0 Å². The maximum absolute atomic E-state index is 6.26. The Balaban J connectivity index is 1.90. The van der Waals surface area contributed by atoms with E-state index in [1.807, 2.05) is 12.1 Å². The first-order valence-corrected chi connectivity index (χ1v) is 8.55. The molecule has 114 valence electrons. The van der Waals surface area contributed by atoms with Gasteiger partial charge in [-0.15, -0.1) is 11.6 Å². The predicted molar refractivity (Wildman–Crippen MR) is 89.2 cm³/mol. The molecule has 1 aromatic carbocycles. The minimum Gasteiger partial charge on any atom is -0.325 e. The van der Waals surface area contributed by atoms with Gasteiger partial charge >= 0.3 is 0 Å². The molecule has 2 aromatic rings. The van der Waals surface area contributed by atoms with Crippen molar-refractivity contribution >= 4 is 34.2 Å². The normalized spacial score (nSPS) is 18.2. The molecule has 3 rings (SSSR count). The number of fused-ring (bicyclic) bond motifs is 1. The highest BCUT2D eigenvalue weighted by Gasteiger charge is 2.20. The lowest BCUT2D eigenvalue weighted by molar-refractivity contribution is 0.160. The van der Waals surface area contributed by atoms with E-state index in [4.69, 9.17) is 23.2 Å². The van der Waals surface area contributed by atoms with Gasteiger partial charge in [-0.1, -0.05) is 24.1 Å². The number of hydrogen-bond acceptors (Lipinski definition) is 2. The van der Waals surface area contributed by atoms with Gasteiger partial charge in [0.05, 0.1) is 16.4 Å². The Morgan fingerprint density at radius 2 is 2.00 bits per heavy atom. The Kier molecular flexibility index (Phi) is 4.72. The van der Waals surface area contributed by atoms with Gasteiger partial charge in [0, 0.05) is 12.6 Å². The van der Waals surface area contributed by atoms with Crippen LogP contribution in [0.25, 0.3) is 11.0 Å². The fourth-order valence-corrected chi connectivity index (χ4v) is 3.62. The van der Waals surface area contributed by atoms with E-state index in [0.29, 0.717) is 16.9 Å². The molecule has 1 aliphatic rings. The van der Waals surface area contributed by atoms with Crippen LogP contribution in [0.5, 0.6) is 0 Å². The second-order valence-corrected chi connectivity index (χ2v) is 6.50. The number of hydrogen-bond donors (Lipinski definition) is 0. The third-order valence-corrected chi connectivity index (χ3v) is 4.93. The van der Waals surface area contributed by atoms with Crippen molar-refractivity contribution in [2.45, 2.75) is 44.7 Å². The van der Waals surface area contributed by atoms with Gasteiger partial charge in [0.15, 0.2) is 0 Å². The van der Waals surface area contributed by atoms with E-state index in [2.05, 4.69) is 27.4 Å². The van der Waals surface area contributed by atoms with E-state index in [1.54, 1.807) is 0 Å². The fourth-order valence-electron chi connectivity index (χ4n) is 3.21. The molecule has 0 spiro atoms. The van der Waals surface area contributed by atoms with E-state index < -0.39 is 0 Å². The molecule has 1 unspecified atom stereocenters. The second kappa shape index (κ2) is 6.55. The molecule has 0 saturated carbocycles. The fraction of sp³-hybridized carbons (Fsp3) is 0.562. The molecule has 0 amide bonds. The summed E-state index contributed by atoms with van der Waals surface area (Å²) in [6.45, 7) is 5.61. The number of benzene rings is 1. The van der Waals surface area contributed by atoms with Crippen LogP contribution in [-0.2, 0) is 12.4 Å². The smallest absolute Gasteiger partial charge is 0.124 e. The molecular formula is C16H21Cl2N3. The summed E-state index contributed by atoms with van der Waals surface area (Å²) in [4.78, 5) is 7.18. The van der Waals surface area contributed by atoms with Gasteiger partial charge in [-0.3, -0.25) is 4.90 Å². The average molecular weight is 326 g/mol. The molecule has 1 fully saturated rings. The molecule has 1 saturated heterocycles. The number of aromatic nitrogens is 2. The first-order valence-electron chi connectivity index (χ1n) is 7.64. The number of rotatable bonds is 4. The largest absolute Gasteiger partial charge is 0.325 e. The summed E-state index contributed by atoms with van der Waals surface area (Å²) >= 11 is 12.3. The van der Waals surface area contributed by atoms with E-state index in [1.165, 1.54) is 32.4 Å². The van der Waals surface area contributed by atoms with Crippen LogP contribution in [0.15, 0.2) is 18.2 Å². The van der Waals surface area contributed by atoms with Crippen LogP contribution in [-0.4, -0.2) is 33.6 Å². The van der Waals surface area contributed by atoms with Crippen molar-refractivity contribution in [3.8, 4) is 0 Å². The van der Waals surface area contributed by atoms with Crippen molar-refractivity contribution in [3.63, 3.8) is 0 Å². The summed E-state index contributed by atoms with van der Waals surface area (Å²) < 4.78 is 2.23. The minimum atomic E-state index is 0.414. The lowest BCUT2D eigenvalue weighted by Gasteiger charge is -2.32. The van der Waals surface area contributed by atoms with Gasteiger partial charge in [0.2, 0.25) is 0 Å². The maximum Gasteiger partial charge on any atom is 0.124 e. The molecule has 1 atom stereocenters. The maximum atomic E-state index is 6.26. The van der Waals surface area contributed by atoms with Gasteiger partial charge in [-0.2, -0.15) is 0 Å². The topological polar surface area (TPSA) is 21.1 Å². The number of piperidine rings is 1. The summed E-state index contributed by atoms with van der Waals surface area (Å²) in [5.41, 5.74) is 1.95. The van der Waals surface area contributed by atoms with Crippen LogP contribution in [0.1, 0.15) is 32.0 Å². The molecule has 5 heteroatoms. The third kappa shape index (κ3) is 3.05. The quantitative estimate of drug-likeness (QED) is 0.781. The Hall–Kier alpha value is -0.770. The Labute approximate surface area is 135 Å². The average Bonchev–Trinajstić information content (AvgIpc) is 2.87. The van der Waals surface area contributed by atoms with Crippen LogP contribution >= 0.6 is 23.2 Å². The number of imidazole rings is 1. The van der Waals surface area contributed by atoms with Gasteiger partial charge in [-0.05, 0) is 45.0 Å². The van der Waals surface area contributed by atoms with Crippen molar-refractivity contribution in [2.75, 3.05) is 13.1 Å². The summed E-state index contributed by atoms with van der Waals surface area (Å²) in [5, 5.41) is 0.697. The Morgan fingerprint density at radius 3 is 2.71 bits per heavy atom. The van der Waals surface area contributed by atoms with Gasteiger partial charge in [0.25, 0.3) is 0 Å². The van der Waals surface area contributed by atoms with Gasteiger partial charge < -0.3 is 4.57 Å². The number of halogens is 2. The summed E-state index contributed by atoms with van der Waals surface area (Å²) in [6, 6.07) is 6.43. The molecule has 1 aromatic heterocycles. The minimum absolute atomic E-state index is 0.414. The molecule has 3 nitrogen and oxygen atoms in total. The molecule has 0 bridgehead atoms. The number of para-hydroxylation sites is 1. The van der Waals surface area contributed by atoms with Gasteiger partial charge in [-0.25, -0.2) is 4.98 Å². The zero-order valence-corrected chi connectivity index (χ0v) is 13.9. The molecule has 21 heavy (non-hydrogen) atoms. The van der Waals surface area contributed by atoms with Crippen LogP contribution in [0.2, 0.25) is 5.02 Å². The summed E-state index contributed by atoms with van der Waals surface area (Å²) in [6.07, 6.45) is 3.98. The van der Waals surface area contributed by atoms with E-state index in [0.717, 1.165) is 23.4 Å². The highest BCUT2D eigenvalue weighted by molar-refractivity contribution is 6.35. The van der Waals surface area contributed by atoms with Crippen LogP contribution in [0.3, 0.4) is 0 Å². The van der Waals surface area contributed by atoms with Crippen molar-refractivity contribution in [2.24, 2.45) is 0 Å². The van der Waals surface area contributed by atoms with E-state index >= 15 is 0 Å². The monoisotopic (exact) mass is 325 g/mol. The van der Waals surface area contributed by atoms with Crippen LogP contribution in [0, 0.1) is 0 Å². The number of alkyl halides is 1. The molecule has 1 aliphatic heterocycles. The van der Waals surface area contributed by atoms with Crippen molar-refractivity contribution in [1.82, 2.24) is 14.5 Å². The highest BCUT2D eigenvalue weighted by atomic mass is 35.5. The third-order valence-electron chi connectivity index (χ3n) is 4.39. The first-order chi connectivity index (χ1) is 10.2.